The van der Waals surface area contributed by atoms with E-state index >= 15 is 0 Å². The van der Waals surface area contributed by atoms with Gasteiger partial charge in [0, 0.05) is 42.9 Å². The molecular formula is C16H18F3N3. The Morgan fingerprint density at radius 3 is 2.55 bits per heavy atom. The largest absolute Gasteiger partial charge is 0.390 e. The molecule has 0 amide bonds. The number of hydrogen-bond acceptors (Lipinski definition) is 2. The molecule has 6 heteroatoms. The fourth-order valence-electron chi connectivity index (χ4n) is 2.87. The van der Waals surface area contributed by atoms with Gasteiger partial charge in [-0.25, -0.2) is 0 Å². The lowest BCUT2D eigenvalue weighted by Crippen LogP contribution is -2.30. The minimum atomic E-state index is -4.09. The third-order valence-electron chi connectivity index (χ3n) is 4.07. The van der Waals surface area contributed by atoms with Crippen molar-refractivity contribution in [3.8, 4) is 11.3 Å². The van der Waals surface area contributed by atoms with Crippen LogP contribution in [0.2, 0.25) is 0 Å². The van der Waals surface area contributed by atoms with Crippen LogP contribution in [0.5, 0.6) is 0 Å². The highest BCUT2D eigenvalue weighted by Gasteiger charge is 2.28. The summed E-state index contributed by atoms with van der Waals surface area (Å²) in [5, 5.41) is 7.46. The molecule has 22 heavy (non-hydrogen) atoms. The molecule has 0 saturated carbocycles. The first-order valence-electron chi connectivity index (χ1n) is 7.43. The molecule has 2 heterocycles. The van der Waals surface area contributed by atoms with Gasteiger partial charge in [0.05, 0.1) is 12.1 Å². The standard InChI is InChI=1S/C16H18F3N3/c17-16(18,19)8-11-22-9-6-13-14(7-10-22)20-21-15(13)12-4-2-1-3-5-12/h1-5H,6-11H2,(H,20,21). The molecule has 1 aromatic carbocycles. The molecule has 0 fully saturated rings. The van der Waals surface area contributed by atoms with Crippen LogP contribution >= 0.6 is 0 Å². The zero-order valence-electron chi connectivity index (χ0n) is 12.2. The van der Waals surface area contributed by atoms with Crippen molar-refractivity contribution >= 4 is 0 Å². The summed E-state index contributed by atoms with van der Waals surface area (Å²) in [7, 11) is 0. The number of hydrogen-bond donors (Lipinski definition) is 1. The molecule has 1 aromatic heterocycles. The highest BCUT2D eigenvalue weighted by atomic mass is 19.4. The van der Waals surface area contributed by atoms with E-state index in [9.17, 15) is 13.2 Å². The quantitative estimate of drug-likeness (QED) is 0.942. The number of benzene rings is 1. The molecular weight excluding hydrogens is 291 g/mol. The average molecular weight is 309 g/mol. The summed E-state index contributed by atoms with van der Waals surface area (Å²) in [6.07, 6.45) is -3.39. The molecule has 0 saturated heterocycles. The molecule has 0 radical (unpaired) electrons. The number of nitrogens with one attached hydrogen (secondary N) is 1. The molecule has 3 rings (SSSR count). The molecule has 0 atom stereocenters. The number of halogens is 3. The average Bonchev–Trinajstić information content (AvgIpc) is 2.79. The summed E-state index contributed by atoms with van der Waals surface area (Å²) >= 11 is 0. The number of nitrogens with zero attached hydrogens (tertiary/aromatic N) is 2. The van der Waals surface area contributed by atoms with E-state index < -0.39 is 12.6 Å². The summed E-state index contributed by atoms with van der Waals surface area (Å²) in [5.74, 6) is 0. The summed E-state index contributed by atoms with van der Waals surface area (Å²) in [6, 6.07) is 9.88. The van der Waals surface area contributed by atoms with Gasteiger partial charge in [0.1, 0.15) is 0 Å². The van der Waals surface area contributed by atoms with Gasteiger partial charge >= 0.3 is 6.18 Å². The van der Waals surface area contributed by atoms with Gasteiger partial charge in [-0.2, -0.15) is 18.3 Å². The van der Waals surface area contributed by atoms with Gasteiger partial charge in [-0.3, -0.25) is 5.10 Å². The molecule has 3 nitrogen and oxygen atoms in total. The van der Waals surface area contributed by atoms with Crippen molar-refractivity contribution in [2.75, 3.05) is 19.6 Å². The Bertz CT molecular complexity index is 619. The zero-order chi connectivity index (χ0) is 15.6. The number of alkyl halides is 3. The Morgan fingerprint density at radius 2 is 1.82 bits per heavy atom. The lowest BCUT2D eigenvalue weighted by molar-refractivity contribution is -0.137. The Labute approximate surface area is 127 Å². The first-order valence-corrected chi connectivity index (χ1v) is 7.43. The number of aromatic nitrogens is 2. The monoisotopic (exact) mass is 309 g/mol. The van der Waals surface area contributed by atoms with E-state index in [0.29, 0.717) is 19.5 Å². The minimum absolute atomic E-state index is 0.0713. The van der Waals surface area contributed by atoms with Crippen molar-refractivity contribution < 1.29 is 13.2 Å². The van der Waals surface area contributed by atoms with E-state index in [1.54, 1.807) is 0 Å². The Kier molecular flexibility index (Phi) is 4.20. The fourth-order valence-corrected chi connectivity index (χ4v) is 2.87. The lowest BCUT2D eigenvalue weighted by Gasteiger charge is -2.20. The topological polar surface area (TPSA) is 31.9 Å². The van der Waals surface area contributed by atoms with Crippen LogP contribution in [-0.4, -0.2) is 40.9 Å². The maximum Gasteiger partial charge on any atom is 0.390 e. The molecule has 0 unspecified atom stereocenters. The Morgan fingerprint density at radius 1 is 1.09 bits per heavy atom. The van der Waals surface area contributed by atoms with Crippen LogP contribution in [0.3, 0.4) is 0 Å². The first kappa shape index (κ1) is 15.1. The first-order chi connectivity index (χ1) is 10.5. The van der Waals surface area contributed by atoms with Crippen LogP contribution in [0.25, 0.3) is 11.3 Å². The molecule has 0 spiro atoms. The van der Waals surface area contributed by atoms with Gasteiger partial charge in [0.25, 0.3) is 0 Å². The van der Waals surface area contributed by atoms with Gasteiger partial charge < -0.3 is 4.90 Å². The third kappa shape index (κ3) is 3.50. The fraction of sp³-hybridized carbons (Fsp3) is 0.438. The van der Waals surface area contributed by atoms with Gasteiger partial charge in [0.2, 0.25) is 0 Å². The lowest BCUT2D eigenvalue weighted by atomic mass is 10.0. The Balaban J connectivity index is 1.72. The van der Waals surface area contributed by atoms with E-state index in [-0.39, 0.29) is 6.54 Å². The van der Waals surface area contributed by atoms with E-state index in [1.807, 2.05) is 35.2 Å². The molecule has 0 aliphatic carbocycles. The summed E-state index contributed by atoms with van der Waals surface area (Å²) in [5.41, 5.74) is 4.16. The van der Waals surface area contributed by atoms with Crippen molar-refractivity contribution in [2.45, 2.75) is 25.4 Å². The van der Waals surface area contributed by atoms with Gasteiger partial charge in [-0.1, -0.05) is 30.3 Å². The van der Waals surface area contributed by atoms with Crippen LogP contribution in [0.15, 0.2) is 30.3 Å². The normalized spacial score (nSPS) is 16.3. The van der Waals surface area contributed by atoms with Crippen molar-refractivity contribution in [3.05, 3.63) is 41.6 Å². The predicted molar refractivity (Wildman–Crippen MR) is 78.5 cm³/mol. The summed E-state index contributed by atoms with van der Waals surface area (Å²) < 4.78 is 37.1. The van der Waals surface area contributed by atoms with Crippen molar-refractivity contribution in [1.29, 1.82) is 0 Å². The summed E-state index contributed by atoms with van der Waals surface area (Å²) in [6.45, 7) is 1.35. The van der Waals surface area contributed by atoms with Gasteiger partial charge in [0.15, 0.2) is 0 Å². The molecule has 1 aliphatic rings. The predicted octanol–water partition coefficient (Wildman–Crippen LogP) is 3.43. The van der Waals surface area contributed by atoms with Crippen molar-refractivity contribution in [3.63, 3.8) is 0 Å². The molecule has 1 N–H and O–H groups in total. The second-order valence-corrected chi connectivity index (χ2v) is 5.60. The maximum atomic E-state index is 12.4. The van der Waals surface area contributed by atoms with E-state index in [4.69, 9.17) is 0 Å². The molecule has 2 aromatic rings. The minimum Gasteiger partial charge on any atom is -0.302 e. The summed E-state index contributed by atoms with van der Waals surface area (Å²) in [4.78, 5) is 1.89. The van der Waals surface area contributed by atoms with E-state index in [0.717, 1.165) is 28.9 Å². The highest BCUT2D eigenvalue weighted by Crippen LogP contribution is 2.27. The van der Waals surface area contributed by atoms with Gasteiger partial charge in [-0.05, 0) is 6.42 Å². The smallest absolute Gasteiger partial charge is 0.302 e. The van der Waals surface area contributed by atoms with Crippen LogP contribution in [0.1, 0.15) is 17.7 Å². The SMILES string of the molecule is FC(F)(F)CCN1CCc2[nH]nc(-c3ccccc3)c2CC1. The van der Waals surface area contributed by atoms with Crippen LogP contribution < -0.4 is 0 Å². The van der Waals surface area contributed by atoms with E-state index in [2.05, 4.69) is 10.2 Å². The molecule has 118 valence electrons. The second kappa shape index (κ2) is 6.12. The number of aromatic amines is 1. The molecule has 1 aliphatic heterocycles. The van der Waals surface area contributed by atoms with Crippen LogP contribution in [-0.2, 0) is 12.8 Å². The van der Waals surface area contributed by atoms with E-state index in [1.165, 1.54) is 0 Å². The number of H-pyrrole nitrogens is 1. The van der Waals surface area contributed by atoms with Crippen molar-refractivity contribution in [2.24, 2.45) is 0 Å². The van der Waals surface area contributed by atoms with Crippen LogP contribution in [0.4, 0.5) is 13.2 Å². The molecule has 0 bridgehead atoms. The number of fused-ring (bicyclic) bond motifs is 1. The highest BCUT2D eigenvalue weighted by molar-refractivity contribution is 5.64. The zero-order valence-corrected chi connectivity index (χ0v) is 12.2. The Hall–Kier alpha value is -1.82. The maximum absolute atomic E-state index is 12.4. The number of rotatable bonds is 3. The second-order valence-electron chi connectivity index (χ2n) is 5.60. The van der Waals surface area contributed by atoms with Crippen molar-refractivity contribution in [1.82, 2.24) is 15.1 Å². The third-order valence-corrected chi connectivity index (χ3v) is 4.07. The van der Waals surface area contributed by atoms with Crippen LogP contribution in [0, 0.1) is 0 Å². The van der Waals surface area contributed by atoms with Gasteiger partial charge in [-0.15, -0.1) is 0 Å².